The molecular weight excluding hydrogens is 501 g/mol. The lowest BCUT2D eigenvalue weighted by atomic mass is 9.98. The SMILES string of the molecule is CCOC(=O)CCc1ccc(NCc2ccc(OC(c3ccccc3)c3ccccc3)c(CC(C)C)c2)cc1F. The van der Waals surface area contributed by atoms with Gasteiger partial charge in [0.25, 0.3) is 0 Å². The molecule has 0 atom stereocenters. The van der Waals surface area contributed by atoms with Crippen molar-refractivity contribution in [3.05, 3.63) is 131 Å². The fourth-order valence-corrected chi connectivity index (χ4v) is 4.70. The van der Waals surface area contributed by atoms with Crippen LogP contribution in [0.2, 0.25) is 0 Å². The van der Waals surface area contributed by atoms with Gasteiger partial charge in [0.05, 0.1) is 6.61 Å². The van der Waals surface area contributed by atoms with Crippen molar-refractivity contribution < 1.29 is 18.7 Å². The zero-order chi connectivity index (χ0) is 28.3. The van der Waals surface area contributed by atoms with Crippen molar-refractivity contribution in [3.8, 4) is 5.75 Å². The molecule has 5 heteroatoms. The van der Waals surface area contributed by atoms with Gasteiger partial charge in [-0.15, -0.1) is 0 Å². The van der Waals surface area contributed by atoms with Crippen LogP contribution in [0.3, 0.4) is 0 Å². The van der Waals surface area contributed by atoms with E-state index in [2.05, 4.69) is 55.6 Å². The minimum absolute atomic E-state index is 0.167. The van der Waals surface area contributed by atoms with E-state index in [0.717, 1.165) is 34.4 Å². The summed E-state index contributed by atoms with van der Waals surface area (Å²) in [4.78, 5) is 11.6. The largest absolute Gasteiger partial charge is 0.481 e. The van der Waals surface area contributed by atoms with E-state index in [1.807, 2.05) is 48.5 Å². The predicted octanol–water partition coefficient (Wildman–Crippen LogP) is 8.30. The van der Waals surface area contributed by atoms with Crippen LogP contribution < -0.4 is 10.1 Å². The smallest absolute Gasteiger partial charge is 0.306 e. The molecule has 40 heavy (non-hydrogen) atoms. The molecule has 0 unspecified atom stereocenters. The highest BCUT2D eigenvalue weighted by atomic mass is 19.1. The molecule has 4 aromatic rings. The van der Waals surface area contributed by atoms with E-state index >= 15 is 0 Å². The van der Waals surface area contributed by atoms with E-state index in [0.29, 0.717) is 36.7 Å². The number of benzene rings is 4. The maximum absolute atomic E-state index is 14.7. The van der Waals surface area contributed by atoms with Gasteiger partial charge in [-0.3, -0.25) is 4.79 Å². The molecule has 0 aliphatic carbocycles. The third-order valence-corrected chi connectivity index (χ3v) is 6.66. The lowest BCUT2D eigenvalue weighted by Crippen LogP contribution is -2.12. The summed E-state index contributed by atoms with van der Waals surface area (Å²) in [7, 11) is 0. The molecule has 0 radical (unpaired) electrons. The average molecular weight is 540 g/mol. The Morgan fingerprint density at radius 2 is 1.52 bits per heavy atom. The molecule has 0 amide bonds. The van der Waals surface area contributed by atoms with Crippen molar-refractivity contribution in [2.75, 3.05) is 11.9 Å². The molecule has 208 valence electrons. The highest BCUT2D eigenvalue weighted by Gasteiger charge is 2.18. The second-order valence-corrected chi connectivity index (χ2v) is 10.3. The molecule has 0 aliphatic heterocycles. The second-order valence-electron chi connectivity index (χ2n) is 10.3. The predicted molar refractivity (Wildman–Crippen MR) is 159 cm³/mol. The van der Waals surface area contributed by atoms with Gasteiger partial charge in [0.1, 0.15) is 17.7 Å². The van der Waals surface area contributed by atoms with Crippen LogP contribution in [0.1, 0.15) is 61.1 Å². The maximum atomic E-state index is 14.7. The van der Waals surface area contributed by atoms with Crippen molar-refractivity contribution >= 4 is 11.7 Å². The van der Waals surface area contributed by atoms with Gasteiger partial charge in [-0.1, -0.05) is 92.7 Å². The summed E-state index contributed by atoms with van der Waals surface area (Å²) in [5.41, 5.74) is 5.63. The van der Waals surface area contributed by atoms with Crippen molar-refractivity contribution in [2.45, 2.75) is 52.7 Å². The van der Waals surface area contributed by atoms with Crippen LogP contribution in [0, 0.1) is 11.7 Å². The van der Waals surface area contributed by atoms with Crippen LogP contribution in [0.5, 0.6) is 5.75 Å². The number of ether oxygens (including phenoxy) is 2. The Bertz CT molecular complexity index is 1330. The summed E-state index contributed by atoms with van der Waals surface area (Å²) >= 11 is 0. The lowest BCUT2D eigenvalue weighted by molar-refractivity contribution is -0.143. The number of hydrogen-bond donors (Lipinski definition) is 1. The van der Waals surface area contributed by atoms with Crippen molar-refractivity contribution in [2.24, 2.45) is 5.92 Å². The molecule has 0 saturated carbocycles. The highest BCUT2D eigenvalue weighted by molar-refractivity contribution is 5.69. The lowest BCUT2D eigenvalue weighted by Gasteiger charge is -2.23. The fraction of sp³-hybridized carbons (Fsp3) is 0.286. The van der Waals surface area contributed by atoms with Gasteiger partial charge < -0.3 is 14.8 Å². The summed E-state index contributed by atoms with van der Waals surface area (Å²) in [6, 6.07) is 31.9. The zero-order valence-electron chi connectivity index (χ0n) is 23.5. The maximum Gasteiger partial charge on any atom is 0.306 e. The van der Waals surface area contributed by atoms with Crippen LogP contribution in [-0.2, 0) is 28.9 Å². The number of anilines is 1. The minimum Gasteiger partial charge on any atom is -0.481 e. The quantitative estimate of drug-likeness (QED) is 0.174. The Kier molecular flexibility index (Phi) is 10.3. The number of halogens is 1. The van der Waals surface area contributed by atoms with Crippen LogP contribution in [0.4, 0.5) is 10.1 Å². The normalized spacial score (nSPS) is 11.1. The van der Waals surface area contributed by atoms with E-state index in [1.54, 1.807) is 13.0 Å². The number of hydrogen-bond acceptors (Lipinski definition) is 4. The number of carbonyl (C=O) groups excluding carboxylic acids is 1. The molecule has 0 heterocycles. The Balaban J connectivity index is 1.49. The zero-order valence-corrected chi connectivity index (χ0v) is 23.5. The van der Waals surface area contributed by atoms with Crippen molar-refractivity contribution in [1.29, 1.82) is 0 Å². The second kappa shape index (κ2) is 14.3. The Hall–Kier alpha value is -4.12. The van der Waals surface area contributed by atoms with Gasteiger partial charge in [0.15, 0.2) is 0 Å². The third kappa shape index (κ3) is 8.19. The van der Waals surface area contributed by atoms with Crippen molar-refractivity contribution in [1.82, 2.24) is 0 Å². The highest BCUT2D eigenvalue weighted by Crippen LogP contribution is 2.32. The summed E-state index contributed by atoms with van der Waals surface area (Å²) < 4.78 is 26.3. The average Bonchev–Trinajstić information content (AvgIpc) is 2.96. The first-order chi connectivity index (χ1) is 19.4. The fourth-order valence-electron chi connectivity index (χ4n) is 4.70. The Morgan fingerprint density at radius 1 is 0.850 bits per heavy atom. The first-order valence-electron chi connectivity index (χ1n) is 14.0. The molecule has 4 rings (SSSR count). The molecule has 0 saturated heterocycles. The summed E-state index contributed by atoms with van der Waals surface area (Å²) in [5, 5.41) is 3.33. The van der Waals surface area contributed by atoms with Crippen LogP contribution in [0.15, 0.2) is 97.1 Å². The van der Waals surface area contributed by atoms with E-state index in [1.165, 1.54) is 6.07 Å². The summed E-state index contributed by atoms with van der Waals surface area (Å²) in [6.45, 7) is 7.04. The molecule has 0 spiro atoms. The van der Waals surface area contributed by atoms with Gasteiger partial charge in [-0.05, 0) is 71.7 Å². The van der Waals surface area contributed by atoms with E-state index < -0.39 is 0 Å². The first kappa shape index (κ1) is 28.9. The number of nitrogens with one attached hydrogen (secondary N) is 1. The van der Waals surface area contributed by atoms with E-state index in [4.69, 9.17) is 9.47 Å². The van der Waals surface area contributed by atoms with Gasteiger partial charge >= 0.3 is 5.97 Å². The first-order valence-corrected chi connectivity index (χ1v) is 14.0. The third-order valence-electron chi connectivity index (χ3n) is 6.66. The van der Waals surface area contributed by atoms with Gasteiger partial charge in [-0.25, -0.2) is 4.39 Å². The van der Waals surface area contributed by atoms with Crippen LogP contribution >= 0.6 is 0 Å². The topological polar surface area (TPSA) is 47.6 Å². The number of aryl methyl sites for hydroxylation is 1. The Morgan fingerprint density at radius 3 is 2.12 bits per heavy atom. The molecular formula is C35H38FNO3. The van der Waals surface area contributed by atoms with Gasteiger partial charge in [0, 0.05) is 18.7 Å². The molecule has 4 aromatic carbocycles. The minimum atomic E-state index is -0.327. The van der Waals surface area contributed by atoms with Gasteiger partial charge in [-0.2, -0.15) is 0 Å². The molecule has 4 nitrogen and oxygen atoms in total. The number of esters is 1. The van der Waals surface area contributed by atoms with E-state index in [-0.39, 0.29) is 24.3 Å². The monoisotopic (exact) mass is 539 g/mol. The molecule has 0 aromatic heterocycles. The van der Waals surface area contributed by atoms with Crippen LogP contribution in [0.25, 0.3) is 0 Å². The molecule has 0 aliphatic rings. The van der Waals surface area contributed by atoms with Crippen LogP contribution in [-0.4, -0.2) is 12.6 Å². The standard InChI is InChI=1S/C35H38FNO3/c1-4-39-34(38)20-17-27-16-18-31(23-32(27)36)37-24-26-15-19-33(30(22-26)21-25(2)3)40-35(28-11-7-5-8-12-28)29-13-9-6-10-14-29/h5-16,18-19,22-23,25,35,37H,4,17,20-21,24H2,1-3H3. The van der Waals surface area contributed by atoms with Gasteiger partial charge in [0.2, 0.25) is 0 Å². The molecule has 1 N–H and O–H groups in total. The number of rotatable bonds is 13. The van der Waals surface area contributed by atoms with Crippen molar-refractivity contribution in [3.63, 3.8) is 0 Å². The Labute approximate surface area is 237 Å². The summed E-state index contributed by atoms with van der Waals surface area (Å²) in [6.07, 6.45) is 1.14. The van der Waals surface area contributed by atoms with E-state index in [9.17, 15) is 9.18 Å². The summed E-state index contributed by atoms with van der Waals surface area (Å²) in [5.74, 6) is 0.680. The number of carbonyl (C=O) groups is 1. The molecule has 0 fully saturated rings. The molecule has 0 bridgehead atoms.